The number of hydrogen-bond acceptors (Lipinski definition) is 2. The number of aromatic nitrogens is 1. The molecule has 1 aliphatic carbocycles. The number of aryl methyl sites for hydroxylation is 1. The summed E-state index contributed by atoms with van der Waals surface area (Å²) < 4.78 is 1.94. The summed E-state index contributed by atoms with van der Waals surface area (Å²) in [5.41, 5.74) is 3.23. The summed E-state index contributed by atoms with van der Waals surface area (Å²) in [6.45, 7) is 0. The van der Waals surface area contributed by atoms with Crippen LogP contribution in [0.1, 0.15) is 35.3 Å². The lowest BCUT2D eigenvalue weighted by atomic mass is 9.93. The van der Waals surface area contributed by atoms with Crippen LogP contribution >= 0.6 is 31.9 Å². The first-order chi connectivity index (χ1) is 9.15. The van der Waals surface area contributed by atoms with Crippen molar-refractivity contribution in [3.05, 3.63) is 62.3 Å². The van der Waals surface area contributed by atoms with Crippen LogP contribution in [0.15, 0.2) is 45.5 Å². The molecule has 3 rings (SSSR count). The van der Waals surface area contributed by atoms with Crippen molar-refractivity contribution in [2.24, 2.45) is 0 Å². The van der Waals surface area contributed by atoms with Crippen LogP contribution in [-0.2, 0) is 6.42 Å². The zero-order chi connectivity index (χ0) is 13.4. The third-order valence-electron chi connectivity index (χ3n) is 3.61. The molecule has 1 N–H and O–H groups in total. The molecular formula is C15H13Br2NO. The molecule has 1 aromatic heterocycles. The summed E-state index contributed by atoms with van der Waals surface area (Å²) in [5, 5.41) is 10.6. The first-order valence-electron chi connectivity index (χ1n) is 6.23. The molecule has 0 radical (unpaired) electrons. The number of pyridine rings is 1. The number of halogens is 2. The first kappa shape index (κ1) is 13.3. The Morgan fingerprint density at radius 1 is 1.21 bits per heavy atom. The van der Waals surface area contributed by atoms with Crippen molar-refractivity contribution in [3.8, 4) is 0 Å². The van der Waals surface area contributed by atoms with Gasteiger partial charge in [-0.05, 0) is 48.2 Å². The summed E-state index contributed by atoms with van der Waals surface area (Å²) in [6.07, 6.45) is 3.25. The van der Waals surface area contributed by atoms with E-state index < -0.39 is 6.10 Å². The quantitative estimate of drug-likeness (QED) is 0.836. The van der Waals surface area contributed by atoms with Gasteiger partial charge in [0.2, 0.25) is 0 Å². The normalized spacial score (nSPS) is 19.2. The van der Waals surface area contributed by atoms with E-state index in [1.54, 1.807) is 6.20 Å². The maximum atomic E-state index is 10.6. The van der Waals surface area contributed by atoms with Gasteiger partial charge in [-0.1, -0.05) is 37.9 Å². The Morgan fingerprint density at radius 2 is 1.95 bits per heavy atom. The van der Waals surface area contributed by atoms with Gasteiger partial charge in [0, 0.05) is 26.8 Å². The smallest absolute Gasteiger partial charge is 0.0874 e. The Labute approximate surface area is 129 Å². The highest BCUT2D eigenvalue weighted by Gasteiger charge is 2.30. The third kappa shape index (κ3) is 2.62. The number of aliphatic hydroxyl groups is 1. The molecule has 2 aromatic rings. The maximum absolute atomic E-state index is 10.6. The fourth-order valence-electron chi connectivity index (χ4n) is 2.73. The lowest BCUT2D eigenvalue weighted by Gasteiger charge is -2.19. The lowest BCUT2D eigenvalue weighted by Crippen LogP contribution is -2.09. The van der Waals surface area contributed by atoms with Gasteiger partial charge in [0.25, 0.3) is 0 Å². The Kier molecular flexibility index (Phi) is 3.74. The highest BCUT2D eigenvalue weighted by Crippen LogP contribution is 2.41. The molecule has 0 aliphatic heterocycles. The fraction of sp³-hybridized carbons (Fsp3) is 0.267. The van der Waals surface area contributed by atoms with Crippen LogP contribution in [0.4, 0.5) is 0 Å². The number of nitrogens with zero attached hydrogens (tertiary/aromatic N) is 1. The molecule has 98 valence electrons. The van der Waals surface area contributed by atoms with Gasteiger partial charge in [0.05, 0.1) is 6.10 Å². The largest absolute Gasteiger partial charge is 0.388 e. The summed E-state index contributed by atoms with van der Waals surface area (Å²) in [5.74, 6) is 0.0948. The molecule has 0 bridgehead atoms. The second kappa shape index (κ2) is 5.35. The summed E-state index contributed by atoms with van der Waals surface area (Å²) in [4.78, 5) is 4.45. The molecule has 19 heavy (non-hydrogen) atoms. The molecule has 0 saturated carbocycles. The number of fused-ring (bicyclic) bond motifs is 1. The van der Waals surface area contributed by atoms with Crippen molar-refractivity contribution < 1.29 is 5.11 Å². The van der Waals surface area contributed by atoms with Crippen molar-refractivity contribution in [2.45, 2.75) is 24.9 Å². The zero-order valence-corrected chi connectivity index (χ0v) is 13.4. The minimum atomic E-state index is -0.509. The second-order valence-corrected chi connectivity index (χ2v) is 6.67. The lowest BCUT2D eigenvalue weighted by molar-refractivity contribution is 0.143. The minimum Gasteiger partial charge on any atom is -0.388 e. The Morgan fingerprint density at radius 3 is 2.68 bits per heavy atom. The average molecular weight is 383 g/mol. The predicted octanol–water partition coefficient (Wildman–Crippen LogP) is 4.37. The van der Waals surface area contributed by atoms with Gasteiger partial charge >= 0.3 is 0 Å². The predicted molar refractivity (Wildman–Crippen MR) is 82.1 cm³/mol. The van der Waals surface area contributed by atoms with E-state index in [0.717, 1.165) is 33.0 Å². The standard InChI is InChI=1S/C15H13Br2NO/c16-11-6-10(7-12(17)8-11)15(19)13-4-3-9-2-1-5-18-14(9)13/h1-2,5-8,13,15,19H,3-4H2. The number of hydrogen-bond donors (Lipinski definition) is 1. The molecule has 1 aliphatic rings. The highest BCUT2D eigenvalue weighted by atomic mass is 79.9. The van der Waals surface area contributed by atoms with Gasteiger partial charge in [0.15, 0.2) is 0 Å². The molecule has 0 fully saturated rings. The minimum absolute atomic E-state index is 0.0948. The van der Waals surface area contributed by atoms with Crippen LogP contribution in [-0.4, -0.2) is 10.1 Å². The zero-order valence-electron chi connectivity index (χ0n) is 10.2. The number of aliphatic hydroxyl groups excluding tert-OH is 1. The summed E-state index contributed by atoms with van der Waals surface area (Å²) >= 11 is 6.93. The molecule has 2 nitrogen and oxygen atoms in total. The molecule has 1 aromatic carbocycles. The molecule has 2 unspecified atom stereocenters. The van der Waals surface area contributed by atoms with Crippen molar-refractivity contribution in [1.82, 2.24) is 4.98 Å². The molecule has 2 atom stereocenters. The topological polar surface area (TPSA) is 33.1 Å². The Hall–Kier alpha value is -0.710. The van der Waals surface area contributed by atoms with Crippen LogP contribution in [0.3, 0.4) is 0 Å². The van der Waals surface area contributed by atoms with Crippen molar-refractivity contribution in [1.29, 1.82) is 0 Å². The van der Waals surface area contributed by atoms with Crippen molar-refractivity contribution in [2.75, 3.05) is 0 Å². The van der Waals surface area contributed by atoms with Gasteiger partial charge in [0.1, 0.15) is 0 Å². The van der Waals surface area contributed by atoms with E-state index in [2.05, 4.69) is 42.9 Å². The van der Waals surface area contributed by atoms with Crippen LogP contribution in [0.2, 0.25) is 0 Å². The van der Waals surface area contributed by atoms with Crippen molar-refractivity contribution >= 4 is 31.9 Å². The van der Waals surface area contributed by atoms with E-state index >= 15 is 0 Å². The first-order valence-corrected chi connectivity index (χ1v) is 7.81. The van der Waals surface area contributed by atoms with E-state index in [1.807, 2.05) is 24.3 Å². The third-order valence-corrected chi connectivity index (χ3v) is 4.53. The van der Waals surface area contributed by atoms with Crippen LogP contribution in [0.25, 0.3) is 0 Å². The van der Waals surface area contributed by atoms with E-state index in [1.165, 1.54) is 5.56 Å². The highest BCUT2D eigenvalue weighted by molar-refractivity contribution is 9.11. The molecule has 4 heteroatoms. The molecule has 0 amide bonds. The van der Waals surface area contributed by atoms with Gasteiger partial charge in [-0.3, -0.25) is 4.98 Å². The van der Waals surface area contributed by atoms with E-state index in [9.17, 15) is 5.11 Å². The maximum Gasteiger partial charge on any atom is 0.0874 e. The molecule has 0 saturated heterocycles. The van der Waals surface area contributed by atoms with E-state index in [4.69, 9.17) is 0 Å². The van der Waals surface area contributed by atoms with Gasteiger partial charge in [-0.2, -0.15) is 0 Å². The Balaban J connectivity index is 1.95. The van der Waals surface area contributed by atoms with Crippen LogP contribution in [0, 0.1) is 0 Å². The average Bonchev–Trinajstić information content (AvgIpc) is 2.80. The molecule has 1 heterocycles. The van der Waals surface area contributed by atoms with Gasteiger partial charge in [-0.15, -0.1) is 0 Å². The number of rotatable bonds is 2. The van der Waals surface area contributed by atoms with Crippen LogP contribution in [0.5, 0.6) is 0 Å². The monoisotopic (exact) mass is 381 g/mol. The second-order valence-electron chi connectivity index (χ2n) is 4.84. The van der Waals surface area contributed by atoms with E-state index in [-0.39, 0.29) is 5.92 Å². The van der Waals surface area contributed by atoms with Crippen molar-refractivity contribution in [3.63, 3.8) is 0 Å². The summed E-state index contributed by atoms with van der Waals surface area (Å²) in [6, 6.07) is 9.97. The summed E-state index contributed by atoms with van der Waals surface area (Å²) in [7, 11) is 0. The van der Waals surface area contributed by atoms with Gasteiger partial charge in [-0.25, -0.2) is 0 Å². The van der Waals surface area contributed by atoms with E-state index in [0.29, 0.717) is 0 Å². The van der Waals surface area contributed by atoms with Crippen LogP contribution < -0.4 is 0 Å². The SMILES string of the molecule is OC(c1cc(Br)cc(Br)c1)C1CCc2cccnc21. The Bertz CT molecular complexity index is 595. The van der Waals surface area contributed by atoms with Gasteiger partial charge < -0.3 is 5.11 Å². The molecular weight excluding hydrogens is 370 g/mol. The molecule has 0 spiro atoms. The number of benzene rings is 1. The fourth-order valence-corrected chi connectivity index (χ4v) is 4.06.